The molecule has 144 valence electrons. The van der Waals surface area contributed by atoms with Crippen molar-refractivity contribution in [3.63, 3.8) is 0 Å². The Hall–Kier alpha value is -2.37. The van der Waals surface area contributed by atoms with Crippen molar-refractivity contribution in [1.29, 1.82) is 0 Å². The highest BCUT2D eigenvalue weighted by atomic mass is 35.5. The lowest BCUT2D eigenvalue weighted by atomic mass is 10.0. The maximum atomic E-state index is 12.4. The van der Waals surface area contributed by atoms with Crippen molar-refractivity contribution in [2.45, 2.75) is 25.8 Å². The molecule has 0 saturated carbocycles. The number of quaternary nitrogens is 1. The molecule has 0 saturated heterocycles. The molecule has 0 aliphatic carbocycles. The Kier molecular flexibility index (Phi) is 8.30. The van der Waals surface area contributed by atoms with Crippen LogP contribution in [0.15, 0.2) is 54.6 Å². The molecule has 0 radical (unpaired) electrons. The number of anilines is 1. The Labute approximate surface area is 165 Å². The van der Waals surface area contributed by atoms with Crippen LogP contribution in [-0.4, -0.2) is 32.0 Å². The van der Waals surface area contributed by atoms with Gasteiger partial charge in [0.25, 0.3) is 11.8 Å². The van der Waals surface area contributed by atoms with Crippen molar-refractivity contribution in [2.24, 2.45) is 0 Å². The number of nitrogens with one attached hydrogen (secondary N) is 3. The van der Waals surface area contributed by atoms with E-state index in [-0.39, 0.29) is 30.9 Å². The number of carbonyl (C=O) groups is 2. The lowest BCUT2D eigenvalue weighted by Crippen LogP contribution is -3.11. The average molecular weight is 389 g/mol. The van der Waals surface area contributed by atoms with Crippen molar-refractivity contribution in [2.75, 3.05) is 25.5 Å². The van der Waals surface area contributed by atoms with Gasteiger partial charge in [0, 0.05) is 0 Å². The lowest BCUT2D eigenvalue weighted by Gasteiger charge is -2.20. The molecule has 0 fully saturated rings. The van der Waals surface area contributed by atoms with Crippen LogP contribution in [0, 0.1) is 0 Å². The average Bonchev–Trinajstić information content (AvgIpc) is 2.63. The van der Waals surface area contributed by atoms with Gasteiger partial charge in [-0.3, -0.25) is 9.59 Å². The maximum absolute atomic E-state index is 12.4. The molecule has 2 atom stereocenters. The smallest absolute Gasteiger partial charge is 0.279 e. The Morgan fingerprint density at radius 1 is 1.00 bits per heavy atom. The minimum atomic E-state index is -0.179. The monoisotopic (exact) mass is 388 g/mol. The third-order valence-electron chi connectivity index (χ3n) is 4.19. The van der Waals surface area contributed by atoms with Gasteiger partial charge in [-0.15, -0.1) is 0 Å². The molecule has 0 heterocycles. The fourth-order valence-corrected chi connectivity index (χ4v) is 3.09. The van der Waals surface area contributed by atoms with Crippen LogP contribution in [0.2, 0.25) is 5.02 Å². The number of amides is 2. The highest BCUT2D eigenvalue weighted by Crippen LogP contribution is 2.20. The Bertz CT molecular complexity index is 752. The van der Waals surface area contributed by atoms with Crippen LogP contribution in [0.5, 0.6) is 0 Å². The molecular weight excluding hydrogens is 362 g/mol. The van der Waals surface area contributed by atoms with Crippen LogP contribution in [0.4, 0.5) is 5.69 Å². The predicted molar refractivity (Wildman–Crippen MR) is 109 cm³/mol. The van der Waals surface area contributed by atoms with E-state index in [4.69, 9.17) is 11.6 Å². The van der Waals surface area contributed by atoms with Gasteiger partial charge < -0.3 is 15.5 Å². The van der Waals surface area contributed by atoms with Crippen molar-refractivity contribution >= 4 is 29.1 Å². The number of hydrogen-bond acceptors (Lipinski definition) is 2. The first-order valence-corrected chi connectivity index (χ1v) is 9.57. The summed E-state index contributed by atoms with van der Waals surface area (Å²) in [5.74, 6) is -0.248. The summed E-state index contributed by atoms with van der Waals surface area (Å²) in [6.45, 7) is 2.50. The van der Waals surface area contributed by atoms with Crippen LogP contribution in [0.25, 0.3) is 0 Å². The number of hydrogen-bond donors (Lipinski definition) is 3. The highest BCUT2D eigenvalue weighted by molar-refractivity contribution is 6.33. The van der Waals surface area contributed by atoms with E-state index >= 15 is 0 Å². The molecule has 5 nitrogen and oxygen atoms in total. The second kappa shape index (κ2) is 10.7. The third-order valence-corrected chi connectivity index (χ3v) is 4.52. The molecule has 2 rings (SSSR count). The first kappa shape index (κ1) is 20.9. The SMILES string of the molecule is CCC[C@@H](NC(=O)C[NH+](C)CC(=O)Nc1ccccc1Cl)c1ccccc1. The van der Waals surface area contributed by atoms with Gasteiger partial charge in [-0.25, -0.2) is 0 Å². The number of halogens is 1. The lowest BCUT2D eigenvalue weighted by molar-refractivity contribution is -0.862. The molecule has 0 bridgehead atoms. The molecule has 0 aliphatic heterocycles. The van der Waals surface area contributed by atoms with Crippen molar-refractivity contribution in [3.05, 3.63) is 65.2 Å². The molecule has 3 N–H and O–H groups in total. The summed E-state index contributed by atoms with van der Waals surface area (Å²) in [4.78, 5) is 25.4. The number of para-hydroxylation sites is 1. The minimum Gasteiger partial charge on any atom is -0.344 e. The molecule has 0 spiro atoms. The normalized spacial score (nSPS) is 12.9. The van der Waals surface area contributed by atoms with Gasteiger partial charge in [-0.2, -0.15) is 0 Å². The van der Waals surface area contributed by atoms with Gasteiger partial charge in [0.2, 0.25) is 0 Å². The van der Waals surface area contributed by atoms with E-state index in [2.05, 4.69) is 17.6 Å². The van der Waals surface area contributed by atoms with Gasteiger partial charge in [-0.1, -0.05) is 67.4 Å². The first-order valence-electron chi connectivity index (χ1n) is 9.19. The predicted octanol–water partition coefficient (Wildman–Crippen LogP) is 2.45. The number of rotatable bonds is 9. The number of likely N-dealkylation sites (N-methyl/N-ethyl adjacent to an activating group) is 1. The van der Waals surface area contributed by atoms with Crippen molar-refractivity contribution in [1.82, 2.24) is 5.32 Å². The zero-order valence-corrected chi connectivity index (χ0v) is 16.6. The fourth-order valence-electron chi connectivity index (χ4n) is 2.91. The summed E-state index contributed by atoms with van der Waals surface area (Å²) < 4.78 is 0. The maximum Gasteiger partial charge on any atom is 0.279 e. The molecule has 1 unspecified atom stereocenters. The van der Waals surface area contributed by atoms with Crippen LogP contribution in [0.3, 0.4) is 0 Å². The molecule has 2 amide bonds. The van der Waals surface area contributed by atoms with E-state index in [1.807, 2.05) is 43.4 Å². The largest absolute Gasteiger partial charge is 0.344 e. The van der Waals surface area contributed by atoms with Gasteiger partial charge in [-0.05, 0) is 24.1 Å². The standard InChI is InChI=1S/C21H26ClN3O2/c1-3-9-18(16-10-5-4-6-11-16)23-20(26)14-25(2)15-21(27)24-19-13-8-7-12-17(19)22/h4-8,10-13,18H,3,9,14-15H2,1-2H3,(H,23,26)(H,24,27)/p+1/t18-/m1/s1. The zero-order chi connectivity index (χ0) is 19.6. The number of carbonyl (C=O) groups excluding carboxylic acids is 2. The quantitative estimate of drug-likeness (QED) is 0.618. The van der Waals surface area contributed by atoms with E-state index in [1.54, 1.807) is 18.2 Å². The van der Waals surface area contributed by atoms with Gasteiger partial charge in [0.15, 0.2) is 13.1 Å². The molecule has 27 heavy (non-hydrogen) atoms. The summed E-state index contributed by atoms with van der Waals surface area (Å²) in [5.41, 5.74) is 1.68. The summed E-state index contributed by atoms with van der Waals surface area (Å²) >= 11 is 6.05. The van der Waals surface area contributed by atoms with Crippen LogP contribution in [0.1, 0.15) is 31.4 Å². The van der Waals surface area contributed by atoms with Gasteiger partial charge in [0.1, 0.15) is 0 Å². The summed E-state index contributed by atoms with van der Waals surface area (Å²) in [6.07, 6.45) is 1.85. The Balaban J connectivity index is 1.85. The van der Waals surface area contributed by atoms with E-state index < -0.39 is 0 Å². The second-order valence-corrected chi connectivity index (χ2v) is 7.07. The van der Waals surface area contributed by atoms with E-state index in [1.165, 1.54) is 0 Å². The Morgan fingerprint density at radius 2 is 1.63 bits per heavy atom. The van der Waals surface area contributed by atoms with E-state index in [0.29, 0.717) is 10.7 Å². The van der Waals surface area contributed by atoms with Crippen LogP contribution in [-0.2, 0) is 9.59 Å². The highest BCUT2D eigenvalue weighted by Gasteiger charge is 2.18. The van der Waals surface area contributed by atoms with E-state index in [0.717, 1.165) is 23.3 Å². The van der Waals surface area contributed by atoms with Crippen molar-refractivity contribution < 1.29 is 14.5 Å². The summed E-state index contributed by atoms with van der Waals surface area (Å²) in [5, 5.41) is 6.35. The van der Waals surface area contributed by atoms with Crippen LogP contribution < -0.4 is 15.5 Å². The number of benzene rings is 2. The topological polar surface area (TPSA) is 62.6 Å². The van der Waals surface area contributed by atoms with Gasteiger partial charge >= 0.3 is 0 Å². The fraction of sp³-hybridized carbons (Fsp3) is 0.333. The second-order valence-electron chi connectivity index (χ2n) is 6.66. The third kappa shape index (κ3) is 7.04. The van der Waals surface area contributed by atoms with Crippen molar-refractivity contribution in [3.8, 4) is 0 Å². The van der Waals surface area contributed by atoms with E-state index in [9.17, 15) is 9.59 Å². The molecule has 2 aromatic carbocycles. The molecule has 2 aromatic rings. The summed E-state index contributed by atoms with van der Waals surface area (Å²) in [6, 6.07) is 17.0. The molecular formula is C21H27ClN3O2+. The van der Waals surface area contributed by atoms with Crippen LogP contribution >= 0.6 is 11.6 Å². The first-order chi connectivity index (χ1) is 13.0. The molecule has 6 heteroatoms. The zero-order valence-electron chi connectivity index (χ0n) is 15.8. The van der Waals surface area contributed by atoms with Gasteiger partial charge in [0.05, 0.1) is 23.8 Å². The minimum absolute atomic E-state index is 0.00606. The Morgan fingerprint density at radius 3 is 2.30 bits per heavy atom. The summed E-state index contributed by atoms with van der Waals surface area (Å²) in [7, 11) is 1.82. The molecule has 0 aliphatic rings. The molecule has 0 aromatic heterocycles.